The number of hydrogen-bond donors (Lipinski definition) is 1. The molecule has 0 aliphatic heterocycles. The number of thioether (sulfide) groups is 1. The van der Waals surface area contributed by atoms with E-state index in [1.165, 1.54) is 11.8 Å². The van der Waals surface area contributed by atoms with Gasteiger partial charge in [-0.05, 0) is 45.9 Å². The van der Waals surface area contributed by atoms with Gasteiger partial charge in [0.25, 0.3) is 0 Å². The number of benzene rings is 1. The van der Waals surface area contributed by atoms with Crippen molar-refractivity contribution in [1.29, 1.82) is 0 Å². The Bertz CT molecular complexity index is 670. The summed E-state index contributed by atoms with van der Waals surface area (Å²) in [6, 6.07) is 5.05. The largest absolute Gasteiger partial charge is 0.354 e. The third-order valence-corrected chi connectivity index (χ3v) is 7.61. The van der Waals surface area contributed by atoms with Crippen LogP contribution in [0.4, 0.5) is 0 Å². The Balaban J connectivity index is 2.57. The van der Waals surface area contributed by atoms with E-state index in [2.05, 4.69) is 5.32 Å². The fourth-order valence-electron chi connectivity index (χ4n) is 1.57. The van der Waals surface area contributed by atoms with Crippen LogP contribution in [0, 0.1) is 0 Å². The molecule has 23 heavy (non-hydrogen) atoms. The van der Waals surface area contributed by atoms with Crippen LogP contribution in [-0.2, 0) is 14.6 Å². The van der Waals surface area contributed by atoms with E-state index in [1.54, 1.807) is 45.9 Å². The van der Waals surface area contributed by atoms with E-state index in [-0.39, 0.29) is 18.2 Å². The maximum atomic E-state index is 12.1. The first-order chi connectivity index (χ1) is 10.4. The summed E-state index contributed by atoms with van der Waals surface area (Å²) in [7, 11) is -3.25. The number of hydrogen-bond acceptors (Lipinski definition) is 4. The molecule has 1 rings (SSSR count). The van der Waals surface area contributed by atoms with Gasteiger partial charge in [0.1, 0.15) is 0 Å². The van der Waals surface area contributed by atoms with Gasteiger partial charge in [-0.3, -0.25) is 4.79 Å². The second-order valence-electron chi connectivity index (χ2n) is 6.06. The van der Waals surface area contributed by atoms with Gasteiger partial charge >= 0.3 is 0 Å². The van der Waals surface area contributed by atoms with Crippen molar-refractivity contribution in [2.24, 2.45) is 0 Å². The number of halogens is 2. The molecule has 0 bridgehead atoms. The molecule has 1 atom stereocenters. The second kappa shape index (κ2) is 8.10. The minimum Gasteiger partial charge on any atom is -0.354 e. The van der Waals surface area contributed by atoms with E-state index in [1.807, 2.05) is 0 Å². The monoisotopic (exact) mass is 397 g/mol. The molecular weight excluding hydrogens is 377 g/mol. The van der Waals surface area contributed by atoms with E-state index < -0.39 is 19.8 Å². The molecule has 0 heterocycles. The lowest BCUT2D eigenvalue weighted by Gasteiger charge is -2.19. The average Bonchev–Trinajstić information content (AvgIpc) is 2.41. The van der Waals surface area contributed by atoms with Gasteiger partial charge in [0.15, 0.2) is 9.84 Å². The normalized spacial score (nSPS) is 13.7. The molecule has 4 nitrogen and oxygen atoms in total. The van der Waals surface area contributed by atoms with Crippen LogP contribution < -0.4 is 5.32 Å². The quantitative estimate of drug-likeness (QED) is 0.741. The van der Waals surface area contributed by atoms with Crippen molar-refractivity contribution in [3.8, 4) is 0 Å². The zero-order valence-corrected chi connectivity index (χ0v) is 16.7. The summed E-state index contributed by atoms with van der Waals surface area (Å²) < 4.78 is 23.1. The fraction of sp³-hybridized carbons (Fsp3) is 0.533. The minimum atomic E-state index is -3.25. The molecule has 1 N–H and O–H groups in total. The summed E-state index contributed by atoms with van der Waals surface area (Å²) in [5.41, 5.74) is 0. The topological polar surface area (TPSA) is 63.2 Å². The van der Waals surface area contributed by atoms with Gasteiger partial charge in [0, 0.05) is 16.5 Å². The first-order valence-electron chi connectivity index (χ1n) is 7.06. The van der Waals surface area contributed by atoms with Crippen LogP contribution >= 0.6 is 35.0 Å². The van der Waals surface area contributed by atoms with E-state index in [0.717, 1.165) is 0 Å². The molecule has 0 aliphatic rings. The first-order valence-corrected chi connectivity index (χ1v) is 10.3. The van der Waals surface area contributed by atoms with E-state index in [0.29, 0.717) is 14.9 Å². The summed E-state index contributed by atoms with van der Waals surface area (Å²) in [6.07, 6.45) is 0. The van der Waals surface area contributed by atoms with Crippen LogP contribution in [0.15, 0.2) is 23.1 Å². The highest BCUT2D eigenvalue weighted by atomic mass is 35.5. The molecule has 130 valence electrons. The molecule has 1 aromatic rings. The first kappa shape index (κ1) is 20.6. The standard InChI is InChI=1S/C15H21Cl2NO3S2/c1-10(22-13-9-11(16)5-6-12(13)17)14(19)18-7-8-23(20,21)15(2,3)4/h5-6,9-10H,7-8H2,1-4H3,(H,18,19). The van der Waals surface area contributed by atoms with E-state index in [4.69, 9.17) is 23.2 Å². The summed E-state index contributed by atoms with van der Waals surface area (Å²) >= 11 is 13.3. The molecule has 0 aromatic heterocycles. The number of rotatable bonds is 6. The Hall–Kier alpha value is -0.430. The third kappa shape index (κ3) is 6.18. The van der Waals surface area contributed by atoms with Gasteiger partial charge in [0.05, 0.1) is 20.8 Å². The van der Waals surface area contributed by atoms with Crippen LogP contribution in [0.25, 0.3) is 0 Å². The molecule has 1 amide bonds. The molecule has 0 radical (unpaired) electrons. The Morgan fingerprint density at radius 2 is 1.91 bits per heavy atom. The molecule has 8 heteroatoms. The maximum Gasteiger partial charge on any atom is 0.233 e. The van der Waals surface area contributed by atoms with Gasteiger partial charge < -0.3 is 5.32 Å². The number of carbonyl (C=O) groups is 1. The average molecular weight is 398 g/mol. The summed E-state index contributed by atoms with van der Waals surface area (Å²) in [6.45, 7) is 6.75. The molecule has 1 aromatic carbocycles. The van der Waals surface area contributed by atoms with Gasteiger partial charge in [-0.2, -0.15) is 0 Å². The Labute approximate surface area is 152 Å². The highest BCUT2D eigenvalue weighted by Gasteiger charge is 2.28. The third-order valence-electron chi connectivity index (χ3n) is 3.17. The zero-order chi connectivity index (χ0) is 17.8. The molecule has 1 unspecified atom stereocenters. The van der Waals surface area contributed by atoms with Gasteiger partial charge in [-0.15, -0.1) is 11.8 Å². The zero-order valence-electron chi connectivity index (χ0n) is 13.5. The lowest BCUT2D eigenvalue weighted by Crippen LogP contribution is -2.38. The number of nitrogens with one attached hydrogen (secondary N) is 1. The SMILES string of the molecule is CC(Sc1cc(Cl)ccc1Cl)C(=O)NCCS(=O)(=O)C(C)(C)C. The molecule has 0 fully saturated rings. The van der Waals surface area contributed by atoms with Crippen molar-refractivity contribution >= 4 is 50.7 Å². The van der Waals surface area contributed by atoms with Crippen molar-refractivity contribution in [2.45, 2.75) is 42.6 Å². The van der Waals surface area contributed by atoms with Gasteiger partial charge in [-0.25, -0.2) is 8.42 Å². The van der Waals surface area contributed by atoms with Crippen molar-refractivity contribution < 1.29 is 13.2 Å². The van der Waals surface area contributed by atoms with Crippen LogP contribution in [0.1, 0.15) is 27.7 Å². The van der Waals surface area contributed by atoms with E-state index in [9.17, 15) is 13.2 Å². The fourth-order valence-corrected chi connectivity index (χ4v) is 3.99. The van der Waals surface area contributed by atoms with Crippen molar-refractivity contribution in [1.82, 2.24) is 5.32 Å². The molecule has 0 spiro atoms. The van der Waals surface area contributed by atoms with Crippen LogP contribution in [0.3, 0.4) is 0 Å². The summed E-state index contributed by atoms with van der Waals surface area (Å²) in [4.78, 5) is 12.8. The van der Waals surface area contributed by atoms with Crippen molar-refractivity contribution in [3.63, 3.8) is 0 Å². The molecule has 0 aliphatic carbocycles. The van der Waals surface area contributed by atoms with Crippen LogP contribution in [0.5, 0.6) is 0 Å². The van der Waals surface area contributed by atoms with Crippen LogP contribution in [0.2, 0.25) is 10.0 Å². The number of carbonyl (C=O) groups excluding carboxylic acids is 1. The number of amides is 1. The predicted molar refractivity (Wildman–Crippen MR) is 98.3 cm³/mol. The Morgan fingerprint density at radius 3 is 2.48 bits per heavy atom. The Morgan fingerprint density at radius 1 is 1.30 bits per heavy atom. The highest BCUT2D eigenvalue weighted by Crippen LogP contribution is 2.32. The smallest absolute Gasteiger partial charge is 0.233 e. The molecular formula is C15H21Cl2NO3S2. The summed E-state index contributed by atoms with van der Waals surface area (Å²) in [5, 5.41) is 3.30. The van der Waals surface area contributed by atoms with Crippen LogP contribution in [-0.4, -0.2) is 36.6 Å². The van der Waals surface area contributed by atoms with Gasteiger partial charge in [0.2, 0.25) is 5.91 Å². The molecule has 0 saturated carbocycles. The Kier molecular flexibility index (Phi) is 7.26. The predicted octanol–water partition coefficient (Wildman–Crippen LogP) is 3.80. The number of sulfone groups is 1. The summed E-state index contributed by atoms with van der Waals surface area (Å²) in [5.74, 6) is -0.326. The lowest BCUT2D eigenvalue weighted by atomic mass is 10.3. The maximum absolute atomic E-state index is 12.1. The minimum absolute atomic E-state index is 0.0858. The lowest BCUT2D eigenvalue weighted by molar-refractivity contribution is -0.120. The van der Waals surface area contributed by atoms with E-state index >= 15 is 0 Å². The van der Waals surface area contributed by atoms with Crippen molar-refractivity contribution in [2.75, 3.05) is 12.3 Å². The highest BCUT2D eigenvalue weighted by molar-refractivity contribution is 8.00. The second-order valence-corrected chi connectivity index (χ2v) is 11.1. The van der Waals surface area contributed by atoms with Crippen molar-refractivity contribution in [3.05, 3.63) is 28.2 Å². The van der Waals surface area contributed by atoms with Gasteiger partial charge in [-0.1, -0.05) is 23.2 Å². The molecule has 0 saturated heterocycles.